The third-order valence-electron chi connectivity index (χ3n) is 5.49. The molecule has 0 spiro atoms. The summed E-state index contributed by atoms with van der Waals surface area (Å²) in [7, 11) is 0. The van der Waals surface area contributed by atoms with Gasteiger partial charge in [0.25, 0.3) is 5.88 Å². The summed E-state index contributed by atoms with van der Waals surface area (Å²) in [6.45, 7) is 4.02. The number of aryl methyl sites for hydroxylation is 1. The van der Waals surface area contributed by atoms with E-state index in [0.29, 0.717) is 12.4 Å². The van der Waals surface area contributed by atoms with Crippen molar-refractivity contribution in [3.05, 3.63) is 76.5 Å². The minimum absolute atomic E-state index is 0.00380. The maximum atomic E-state index is 12.6. The van der Waals surface area contributed by atoms with Gasteiger partial charge in [-0.3, -0.25) is 4.79 Å². The Kier molecular flexibility index (Phi) is 6.82. The lowest BCUT2D eigenvalue weighted by Gasteiger charge is -2.32. The van der Waals surface area contributed by atoms with Gasteiger partial charge in [0, 0.05) is 42.4 Å². The Morgan fingerprint density at radius 3 is 2.55 bits per heavy atom. The van der Waals surface area contributed by atoms with Gasteiger partial charge in [0.2, 0.25) is 5.91 Å². The highest BCUT2D eigenvalue weighted by Crippen LogP contribution is 2.32. The lowest BCUT2D eigenvalue weighted by molar-refractivity contribution is -0.125. The van der Waals surface area contributed by atoms with E-state index in [1.54, 1.807) is 12.4 Å². The molecule has 4 rings (SSSR count). The zero-order chi connectivity index (χ0) is 21.6. The van der Waals surface area contributed by atoms with Crippen LogP contribution in [0, 0.1) is 12.8 Å². The minimum Gasteiger partial charge on any atom is -0.436 e. The monoisotopic (exact) mass is 480 g/mol. The smallest absolute Gasteiger partial charge is 0.263 e. The van der Waals surface area contributed by atoms with Crippen LogP contribution in [0.2, 0.25) is 0 Å². The van der Waals surface area contributed by atoms with Crippen LogP contribution < -0.4 is 15.0 Å². The van der Waals surface area contributed by atoms with E-state index in [9.17, 15) is 4.79 Å². The highest BCUT2D eigenvalue weighted by Gasteiger charge is 2.27. The maximum absolute atomic E-state index is 12.6. The molecule has 0 bridgehead atoms. The fourth-order valence-corrected chi connectivity index (χ4v) is 3.94. The number of amides is 1. The fourth-order valence-electron chi connectivity index (χ4n) is 3.67. The molecule has 31 heavy (non-hydrogen) atoms. The van der Waals surface area contributed by atoms with Gasteiger partial charge in [-0.15, -0.1) is 0 Å². The molecule has 1 aliphatic heterocycles. The Morgan fingerprint density at radius 2 is 1.81 bits per heavy atom. The Morgan fingerprint density at radius 1 is 1.10 bits per heavy atom. The lowest BCUT2D eigenvalue weighted by Crippen LogP contribution is -2.40. The Bertz CT molecular complexity index is 1030. The first-order valence-corrected chi connectivity index (χ1v) is 11.2. The summed E-state index contributed by atoms with van der Waals surface area (Å²) in [6.07, 6.45) is 4.86. The summed E-state index contributed by atoms with van der Waals surface area (Å²) >= 11 is 3.43. The van der Waals surface area contributed by atoms with Gasteiger partial charge in [0.15, 0.2) is 5.82 Å². The number of halogens is 1. The quantitative estimate of drug-likeness (QED) is 0.544. The predicted octanol–water partition coefficient (Wildman–Crippen LogP) is 4.87. The third kappa shape index (κ3) is 5.41. The summed E-state index contributed by atoms with van der Waals surface area (Å²) in [4.78, 5) is 23.7. The summed E-state index contributed by atoms with van der Waals surface area (Å²) in [5, 5.41) is 3.07. The number of rotatable bonds is 6. The van der Waals surface area contributed by atoms with Crippen LogP contribution in [0.4, 0.5) is 5.82 Å². The number of anilines is 1. The molecule has 1 amide bonds. The van der Waals surface area contributed by atoms with Crippen molar-refractivity contribution < 1.29 is 9.53 Å². The number of aromatic nitrogens is 2. The molecular formula is C24H25BrN4O2. The number of piperidine rings is 1. The van der Waals surface area contributed by atoms with Gasteiger partial charge >= 0.3 is 0 Å². The number of carbonyl (C=O) groups excluding carboxylic acids is 1. The molecule has 6 nitrogen and oxygen atoms in total. The second-order valence-electron chi connectivity index (χ2n) is 7.66. The number of ether oxygens (including phenoxy) is 1. The van der Waals surface area contributed by atoms with Crippen molar-refractivity contribution in [3.63, 3.8) is 0 Å². The molecule has 1 fully saturated rings. The largest absolute Gasteiger partial charge is 0.436 e. The van der Waals surface area contributed by atoms with Gasteiger partial charge in [-0.05, 0) is 49.1 Å². The van der Waals surface area contributed by atoms with Crippen LogP contribution in [0.15, 0.2) is 65.4 Å². The van der Waals surface area contributed by atoms with E-state index < -0.39 is 0 Å². The summed E-state index contributed by atoms with van der Waals surface area (Å²) in [6, 6.07) is 15.8. The van der Waals surface area contributed by atoms with E-state index in [0.717, 1.165) is 53.1 Å². The van der Waals surface area contributed by atoms with Crippen molar-refractivity contribution in [2.45, 2.75) is 26.3 Å². The zero-order valence-corrected chi connectivity index (χ0v) is 19.0. The fraction of sp³-hybridized carbons (Fsp3) is 0.292. The molecule has 1 aromatic heterocycles. The van der Waals surface area contributed by atoms with Gasteiger partial charge in [-0.25, -0.2) is 9.97 Å². The van der Waals surface area contributed by atoms with Crippen molar-refractivity contribution in [3.8, 4) is 11.6 Å². The average Bonchev–Trinajstić information content (AvgIpc) is 2.80. The molecule has 0 radical (unpaired) electrons. The molecule has 1 aliphatic rings. The van der Waals surface area contributed by atoms with Crippen molar-refractivity contribution in [1.29, 1.82) is 0 Å². The van der Waals surface area contributed by atoms with Gasteiger partial charge in [-0.1, -0.05) is 46.3 Å². The number of benzene rings is 2. The topological polar surface area (TPSA) is 67.4 Å². The first-order chi connectivity index (χ1) is 15.1. The molecule has 3 aromatic rings. The average molecular weight is 481 g/mol. The van der Waals surface area contributed by atoms with Crippen LogP contribution in [0.25, 0.3) is 0 Å². The SMILES string of the molecule is Cc1ccccc1Oc1nccnc1N1CCC(C(=O)NCc2ccc(Br)cc2)CC1. The van der Waals surface area contributed by atoms with Gasteiger partial charge in [-0.2, -0.15) is 0 Å². The predicted molar refractivity (Wildman–Crippen MR) is 124 cm³/mol. The normalized spacial score (nSPS) is 14.3. The zero-order valence-electron chi connectivity index (χ0n) is 17.4. The van der Waals surface area contributed by atoms with Crippen molar-refractivity contribution in [1.82, 2.24) is 15.3 Å². The van der Waals surface area contributed by atoms with Crippen LogP contribution in [0.3, 0.4) is 0 Å². The molecule has 1 saturated heterocycles. The lowest BCUT2D eigenvalue weighted by atomic mass is 9.96. The van der Waals surface area contributed by atoms with Gasteiger partial charge in [0.1, 0.15) is 5.75 Å². The molecule has 160 valence electrons. The number of nitrogens with one attached hydrogen (secondary N) is 1. The molecular weight excluding hydrogens is 456 g/mol. The van der Waals surface area contributed by atoms with Gasteiger partial charge < -0.3 is 15.0 Å². The summed E-state index contributed by atoms with van der Waals surface area (Å²) in [5.74, 6) is 2.10. The Hall–Kier alpha value is -2.93. The molecule has 0 atom stereocenters. The molecule has 0 unspecified atom stereocenters. The second-order valence-corrected chi connectivity index (χ2v) is 8.57. The van der Waals surface area contributed by atoms with E-state index in [1.165, 1.54) is 0 Å². The number of nitrogens with zero attached hydrogens (tertiary/aromatic N) is 3. The molecule has 0 aliphatic carbocycles. The van der Waals surface area contributed by atoms with Crippen LogP contribution >= 0.6 is 15.9 Å². The van der Waals surface area contributed by atoms with E-state index >= 15 is 0 Å². The van der Waals surface area contributed by atoms with Crippen LogP contribution in [0.5, 0.6) is 11.6 Å². The first kappa shape index (κ1) is 21.3. The number of hydrogen-bond donors (Lipinski definition) is 1. The van der Waals surface area contributed by atoms with Crippen LogP contribution in [0.1, 0.15) is 24.0 Å². The van der Waals surface area contributed by atoms with Crippen molar-refractivity contribution in [2.75, 3.05) is 18.0 Å². The highest BCUT2D eigenvalue weighted by atomic mass is 79.9. The van der Waals surface area contributed by atoms with Crippen LogP contribution in [-0.2, 0) is 11.3 Å². The number of carbonyl (C=O) groups is 1. The van der Waals surface area contributed by atoms with Crippen molar-refractivity contribution >= 4 is 27.7 Å². The highest BCUT2D eigenvalue weighted by molar-refractivity contribution is 9.10. The van der Waals surface area contributed by atoms with Crippen LogP contribution in [-0.4, -0.2) is 29.0 Å². The van der Waals surface area contributed by atoms with E-state index in [-0.39, 0.29) is 11.8 Å². The number of hydrogen-bond acceptors (Lipinski definition) is 5. The first-order valence-electron chi connectivity index (χ1n) is 10.4. The van der Waals surface area contributed by atoms with Crippen molar-refractivity contribution in [2.24, 2.45) is 5.92 Å². The van der Waals surface area contributed by atoms with Gasteiger partial charge in [0.05, 0.1) is 0 Å². The summed E-state index contributed by atoms with van der Waals surface area (Å²) < 4.78 is 7.10. The second kappa shape index (κ2) is 9.92. The molecule has 2 heterocycles. The third-order valence-corrected chi connectivity index (χ3v) is 6.02. The minimum atomic E-state index is 0.00380. The number of para-hydroxylation sites is 1. The van der Waals surface area contributed by atoms with E-state index in [1.807, 2.05) is 55.5 Å². The standard InChI is InChI=1S/C24H25BrN4O2/c1-17-4-2-3-5-21(17)31-24-22(26-12-13-27-24)29-14-10-19(11-15-29)23(30)28-16-18-6-8-20(25)9-7-18/h2-9,12-13,19H,10-11,14-16H2,1H3,(H,28,30). The van der Waals surface area contributed by atoms with E-state index in [4.69, 9.17) is 4.74 Å². The molecule has 0 saturated carbocycles. The van der Waals surface area contributed by atoms with E-state index in [2.05, 4.69) is 36.1 Å². The Labute approximate surface area is 190 Å². The molecule has 2 aromatic carbocycles. The molecule has 1 N–H and O–H groups in total. The maximum Gasteiger partial charge on any atom is 0.263 e. The summed E-state index contributed by atoms with van der Waals surface area (Å²) in [5.41, 5.74) is 2.13. The Balaban J connectivity index is 1.35. The molecule has 7 heteroatoms.